The van der Waals surface area contributed by atoms with Crippen molar-refractivity contribution in [3.63, 3.8) is 0 Å². The van der Waals surface area contributed by atoms with E-state index in [-0.39, 0.29) is 0 Å². The van der Waals surface area contributed by atoms with Gasteiger partial charge in [-0.25, -0.2) is 0 Å². The van der Waals surface area contributed by atoms with Crippen molar-refractivity contribution < 1.29 is 0 Å². The molecule has 7 aromatic carbocycles. The van der Waals surface area contributed by atoms with E-state index in [1.807, 2.05) is 0 Å². The van der Waals surface area contributed by atoms with E-state index in [0.717, 1.165) is 0 Å². The molecule has 2 heterocycles. The zero-order valence-corrected chi connectivity index (χ0v) is 25.9. The van der Waals surface area contributed by atoms with Gasteiger partial charge >= 0.3 is 0 Å². The molecule has 0 amide bonds. The van der Waals surface area contributed by atoms with Crippen LogP contribution in [0.5, 0.6) is 0 Å². The van der Waals surface area contributed by atoms with Crippen LogP contribution in [0.3, 0.4) is 0 Å². The van der Waals surface area contributed by atoms with E-state index in [1.165, 1.54) is 88.4 Å². The predicted molar refractivity (Wildman–Crippen MR) is 195 cm³/mol. The second kappa shape index (κ2) is 10.4. The van der Waals surface area contributed by atoms with Crippen LogP contribution in [0.15, 0.2) is 158 Å². The lowest BCUT2D eigenvalue weighted by Gasteiger charge is -2.13. The summed E-state index contributed by atoms with van der Waals surface area (Å²) in [4.78, 5) is 0. The standard InChI is InChI=1S/C44H32N2/c1-29-12-8-17-34(26-29)45-41-25-24-30(2)27-39(41)43-35(19-11-23-42(43)45)31-13-9-14-32(28-31)36-20-10-21-38-37-18-6-7-22-40(37)46(44(36)38)33-15-4-3-5-16-33/h3-28H,1-2H3. The van der Waals surface area contributed by atoms with Crippen LogP contribution in [0.4, 0.5) is 0 Å². The molecular weight excluding hydrogens is 556 g/mol. The third kappa shape index (κ3) is 4.04. The molecule has 0 aliphatic rings. The monoisotopic (exact) mass is 588 g/mol. The average molecular weight is 589 g/mol. The highest BCUT2D eigenvalue weighted by molar-refractivity contribution is 6.17. The molecule has 0 aliphatic carbocycles. The molecule has 0 saturated heterocycles. The molecule has 218 valence electrons. The highest BCUT2D eigenvalue weighted by atomic mass is 15.0. The zero-order chi connectivity index (χ0) is 30.8. The third-order valence-electron chi connectivity index (χ3n) is 9.40. The minimum absolute atomic E-state index is 1.17. The lowest BCUT2D eigenvalue weighted by atomic mass is 9.94. The number of rotatable bonds is 4. The Hall–Kier alpha value is -5.86. The fraction of sp³-hybridized carbons (Fsp3) is 0.0455. The third-order valence-corrected chi connectivity index (χ3v) is 9.40. The van der Waals surface area contributed by atoms with Gasteiger partial charge in [0.15, 0.2) is 0 Å². The van der Waals surface area contributed by atoms with Gasteiger partial charge in [-0.05, 0) is 90.7 Å². The molecule has 0 atom stereocenters. The van der Waals surface area contributed by atoms with Gasteiger partial charge in [0.25, 0.3) is 0 Å². The molecular formula is C44H32N2. The van der Waals surface area contributed by atoms with Crippen LogP contribution >= 0.6 is 0 Å². The van der Waals surface area contributed by atoms with Crippen molar-refractivity contribution in [1.29, 1.82) is 0 Å². The lowest BCUT2D eigenvalue weighted by molar-refractivity contribution is 1.17. The Morgan fingerprint density at radius 1 is 0.370 bits per heavy atom. The van der Waals surface area contributed by atoms with Crippen LogP contribution in [0.25, 0.3) is 77.2 Å². The summed E-state index contributed by atoms with van der Waals surface area (Å²) in [5.74, 6) is 0. The van der Waals surface area contributed by atoms with Crippen molar-refractivity contribution in [2.75, 3.05) is 0 Å². The Kier molecular flexibility index (Phi) is 5.97. The summed E-state index contributed by atoms with van der Waals surface area (Å²) in [6.45, 7) is 4.35. The first-order valence-corrected chi connectivity index (χ1v) is 15.9. The van der Waals surface area contributed by atoms with Crippen LogP contribution in [0.1, 0.15) is 11.1 Å². The lowest BCUT2D eigenvalue weighted by Crippen LogP contribution is -1.95. The van der Waals surface area contributed by atoms with E-state index in [1.54, 1.807) is 0 Å². The molecule has 2 aromatic heterocycles. The van der Waals surface area contributed by atoms with Gasteiger partial charge in [-0.15, -0.1) is 0 Å². The van der Waals surface area contributed by atoms with Crippen molar-refractivity contribution in [1.82, 2.24) is 9.13 Å². The van der Waals surface area contributed by atoms with E-state index in [4.69, 9.17) is 0 Å². The van der Waals surface area contributed by atoms with Gasteiger partial charge in [-0.1, -0.05) is 109 Å². The van der Waals surface area contributed by atoms with Crippen molar-refractivity contribution in [2.45, 2.75) is 13.8 Å². The van der Waals surface area contributed by atoms with Gasteiger partial charge in [0.05, 0.1) is 22.1 Å². The van der Waals surface area contributed by atoms with Gasteiger partial charge in [0.1, 0.15) is 0 Å². The molecule has 2 heteroatoms. The Bertz CT molecular complexity index is 2600. The largest absolute Gasteiger partial charge is 0.309 e. The van der Waals surface area contributed by atoms with Gasteiger partial charge < -0.3 is 9.13 Å². The number of benzene rings is 7. The first-order valence-electron chi connectivity index (χ1n) is 15.9. The molecule has 9 aromatic rings. The van der Waals surface area contributed by atoms with Crippen molar-refractivity contribution >= 4 is 43.6 Å². The summed E-state index contributed by atoms with van der Waals surface area (Å²) < 4.78 is 4.84. The Labute approximate surface area is 268 Å². The van der Waals surface area contributed by atoms with E-state index >= 15 is 0 Å². The number of nitrogens with zero attached hydrogens (tertiary/aromatic N) is 2. The fourth-order valence-electron chi connectivity index (χ4n) is 7.42. The molecule has 9 rings (SSSR count). The maximum absolute atomic E-state index is 2.42. The van der Waals surface area contributed by atoms with E-state index in [0.29, 0.717) is 0 Å². The molecule has 0 saturated carbocycles. The van der Waals surface area contributed by atoms with Crippen LogP contribution in [-0.2, 0) is 0 Å². The number of aryl methyl sites for hydroxylation is 2. The average Bonchev–Trinajstić information content (AvgIpc) is 3.61. The van der Waals surface area contributed by atoms with Crippen molar-refractivity contribution in [2.24, 2.45) is 0 Å². The van der Waals surface area contributed by atoms with Gasteiger partial charge in [-0.3, -0.25) is 0 Å². The predicted octanol–water partition coefficient (Wildman–Crippen LogP) is 11.8. The highest BCUT2D eigenvalue weighted by Gasteiger charge is 2.19. The first-order chi connectivity index (χ1) is 22.7. The van der Waals surface area contributed by atoms with E-state index in [2.05, 4.69) is 181 Å². The van der Waals surface area contributed by atoms with Crippen LogP contribution in [0, 0.1) is 13.8 Å². The number of hydrogen-bond acceptors (Lipinski definition) is 0. The number of para-hydroxylation sites is 3. The minimum Gasteiger partial charge on any atom is -0.309 e. The maximum atomic E-state index is 2.42. The van der Waals surface area contributed by atoms with E-state index in [9.17, 15) is 0 Å². The van der Waals surface area contributed by atoms with Crippen LogP contribution < -0.4 is 0 Å². The smallest absolute Gasteiger partial charge is 0.0619 e. The molecule has 0 N–H and O–H groups in total. The first kappa shape index (κ1) is 26.5. The number of hydrogen-bond donors (Lipinski definition) is 0. The summed E-state index contributed by atoms with van der Waals surface area (Å²) in [7, 11) is 0. The Morgan fingerprint density at radius 2 is 1.00 bits per heavy atom. The normalized spacial score (nSPS) is 11.7. The van der Waals surface area contributed by atoms with E-state index < -0.39 is 0 Å². The molecule has 0 fully saturated rings. The molecule has 0 radical (unpaired) electrons. The fourth-order valence-corrected chi connectivity index (χ4v) is 7.42. The topological polar surface area (TPSA) is 9.86 Å². The SMILES string of the molecule is Cc1cccc(-n2c3ccc(C)cc3c3c(-c4cccc(-c5cccc6c7ccccc7n(-c7ccccc7)c56)c4)cccc32)c1. The molecule has 0 unspecified atom stereocenters. The second-order valence-electron chi connectivity index (χ2n) is 12.4. The molecule has 0 bridgehead atoms. The molecule has 0 spiro atoms. The van der Waals surface area contributed by atoms with Crippen molar-refractivity contribution in [3.05, 3.63) is 169 Å². The number of fused-ring (bicyclic) bond motifs is 6. The molecule has 2 nitrogen and oxygen atoms in total. The number of aromatic nitrogens is 2. The molecule has 0 aliphatic heterocycles. The second-order valence-corrected chi connectivity index (χ2v) is 12.4. The Morgan fingerprint density at radius 3 is 1.87 bits per heavy atom. The summed E-state index contributed by atoms with van der Waals surface area (Å²) in [6.07, 6.45) is 0. The van der Waals surface area contributed by atoms with Crippen molar-refractivity contribution in [3.8, 4) is 33.6 Å². The maximum Gasteiger partial charge on any atom is 0.0619 e. The van der Waals surface area contributed by atoms with Gasteiger partial charge in [0, 0.05) is 38.5 Å². The minimum atomic E-state index is 1.17. The van der Waals surface area contributed by atoms with Gasteiger partial charge in [-0.2, -0.15) is 0 Å². The molecule has 46 heavy (non-hydrogen) atoms. The summed E-state index contributed by atoms with van der Waals surface area (Å²) in [6, 6.07) is 57.7. The Balaban J connectivity index is 1.31. The van der Waals surface area contributed by atoms with Gasteiger partial charge in [0.2, 0.25) is 0 Å². The summed E-state index contributed by atoms with van der Waals surface area (Å²) in [5.41, 5.74) is 14.7. The highest BCUT2D eigenvalue weighted by Crippen LogP contribution is 2.42. The zero-order valence-electron chi connectivity index (χ0n) is 25.9. The summed E-state index contributed by atoms with van der Waals surface area (Å²) in [5, 5.41) is 5.10. The summed E-state index contributed by atoms with van der Waals surface area (Å²) >= 11 is 0. The van der Waals surface area contributed by atoms with Crippen LogP contribution in [-0.4, -0.2) is 9.13 Å². The quantitative estimate of drug-likeness (QED) is 0.194. The van der Waals surface area contributed by atoms with Crippen LogP contribution in [0.2, 0.25) is 0 Å².